The number of hydrogen-bond acceptors (Lipinski definition) is 3. The van der Waals surface area contributed by atoms with Crippen molar-refractivity contribution in [2.45, 2.75) is 0 Å². The van der Waals surface area contributed by atoms with Crippen molar-refractivity contribution >= 4 is 21.8 Å². The van der Waals surface area contributed by atoms with Gasteiger partial charge in [0, 0.05) is 41.2 Å². The minimum absolute atomic E-state index is 0.604. The molecule has 0 atom stereocenters. The summed E-state index contributed by atoms with van der Waals surface area (Å²) in [5, 5.41) is 11.7. The monoisotopic (exact) mass is 331 g/mol. The van der Waals surface area contributed by atoms with E-state index >= 15 is 0 Å². The number of aromatic amines is 1. The van der Waals surface area contributed by atoms with Gasteiger partial charge in [-0.15, -0.1) is 0 Å². The SMILES string of the molecule is COc1cc2[nH]c(-c3cn(C)c4ccccc34)c(C#N)c2cc1OC. The molecule has 0 radical (unpaired) electrons. The molecule has 0 aliphatic carbocycles. The topological polar surface area (TPSA) is 63.0 Å². The number of aromatic nitrogens is 2. The standard InChI is InChI=1S/C20H17N3O2/c1-23-11-15(12-6-4-5-7-17(12)23)20-14(10-21)13-8-18(24-2)19(25-3)9-16(13)22-20/h4-9,11,22H,1-3H3. The highest BCUT2D eigenvalue weighted by Crippen LogP contribution is 2.39. The molecule has 0 saturated carbocycles. The summed E-state index contributed by atoms with van der Waals surface area (Å²) in [7, 11) is 5.20. The highest BCUT2D eigenvalue weighted by Gasteiger charge is 2.19. The maximum atomic E-state index is 9.79. The normalized spacial score (nSPS) is 11.0. The Morgan fingerprint density at radius 2 is 1.76 bits per heavy atom. The number of hydrogen-bond donors (Lipinski definition) is 1. The summed E-state index contributed by atoms with van der Waals surface area (Å²) in [4.78, 5) is 3.39. The number of fused-ring (bicyclic) bond motifs is 2. The van der Waals surface area contributed by atoms with Gasteiger partial charge in [-0.25, -0.2) is 0 Å². The van der Waals surface area contributed by atoms with Crippen LogP contribution in [0.4, 0.5) is 0 Å². The highest BCUT2D eigenvalue weighted by atomic mass is 16.5. The third-order valence-corrected chi connectivity index (χ3v) is 4.58. The number of ether oxygens (including phenoxy) is 2. The van der Waals surface area contributed by atoms with Gasteiger partial charge in [0.2, 0.25) is 0 Å². The molecule has 2 heterocycles. The first-order chi connectivity index (χ1) is 12.2. The van der Waals surface area contributed by atoms with Crippen LogP contribution in [0.2, 0.25) is 0 Å². The van der Waals surface area contributed by atoms with Crippen molar-refractivity contribution in [2.24, 2.45) is 7.05 Å². The number of nitriles is 1. The summed E-state index contributed by atoms with van der Waals surface area (Å²) < 4.78 is 12.8. The second-order valence-electron chi connectivity index (χ2n) is 5.91. The Morgan fingerprint density at radius 1 is 1.04 bits per heavy atom. The van der Waals surface area contributed by atoms with Gasteiger partial charge in [-0.2, -0.15) is 5.26 Å². The summed E-state index contributed by atoms with van der Waals surface area (Å²) in [6.45, 7) is 0. The summed E-state index contributed by atoms with van der Waals surface area (Å²) in [6, 6.07) is 14.2. The number of nitrogens with one attached hydrogen (secondary N) is 1. The van der Waals surface area contributed by atoms with Crippen molar-refractivity contribution < 1.29 is 9.47 Å². The van der Waals surface area contributed by atoms with E-state index in [4.69, 9.17) is 9.47 Å². The Bertz CT molecular complexity index is 1150. The van der Waals surface area contributed by atoms with E-state index in [1.807, 2.05) is 37.5 Å². The van der Waals surface area contributed by atoms with Gasteiger partial charge in [-0.1, -0.05) is 18.2 Å². The van der Waals surface area contributed by atoms with E-state index < -0.39 is 0 Å². The summed E-state index contributed by atoms with van der Waals surface area (Å²) >= 11 is 0. The highest BCUT2D eigenvalue weighted by molar-refractivity contribution is 6.02. The average molecular weight is 331 g/mol. The van der Waals surface area contributed by atoms with Crippen molar-refractivity contribution in [1.29, 1.82) is 5.26 Å². The van der Waals surface area contributed by atoms with Gasteiger partial charge >= 0.3 is 0 Å². The maximum Gasteiger partial charge on any atom is 0.162 e. The van der Waals surface area contributed by atoms with Gasteiger partial charge < -0.3 is 19.0 Å². The maximum absolute atomic E-state index is 9.79. The lowest BCUT2D eigenvalue weighted by molar-refractivity contribution is 0.356. The fourth-order valence-electron chi connectivity index (χ4n) is 3.38. The molecule has 0 amide bonds. The molecule has 5 heteroatoms. The van der Waals surface area contributed by atoms with Crippen LogP contribution in [0.1, 0.15) is 5.56 Å². The second kappa shape index (κ2) is 5.60. The molecule has 124 valence electrons. The lowest BCUT2D eigenvalue weighted by Crippen LogP contribution is -1.90. The zero-order valence-corrected chi connectivity index (χ0v) is 14.3. The molecule has 0 fully saturated rings. The minimum Gasteiger partial charge on any atom is -0.493 e. The number of aryl methyl sites for hydroxylation is 1. The largest absolute Gasteiger partial charge is 0.493 e. The first-order valence-corrected chi connectivity index (χ1v) is 7.90. The van der Waals surface area contributed by atoms with Gasteiger partial charge in [0.05, 0.1) is 31.0 Å². The quantitative estimate of drug-likeness (QED) is 0.611. The van der Waals surface area contributed by atoms with Crippen LogP contribution in [0, 0.1) is 11.3 Å². The first kappa shape index (κ1) is 15.2. The van der Waals surface area contributed by atoms with Crippen LogP contribution < -0.4 is 9.47 Å². The Kier molecular flexibility index (Phi) is 3.40. The van der Waals surface area contributed by atoms with Crippen LogP contribution in [0.15, 0.2) is 42.6 Å². The number of benzene rings is 2. The van der Waals surface area contributed by atoms with Crippen molar-refractivity contribution in [1.82, 2.24) is 9.55 Å². The van der Waals surface area contributed by atoms with Crippen LogP contribution in [0.5, 0.6) is 11.5 Å². The molecule has 0 bridgehead atoms. The smallest absolute Gasteiger partial charge is 0.162 e. The Morgan fingerprint density at radius 3 is 2.48 bits per heavy atom. The number of para-hydroxylation sites is 1. The van der Waals surface area contributed by atoms with Crippen molar-refractivity contribution in [3.8, 4) is 28.8 Å². The minimum atomic E-state index is 0.604. The fraction of sp³-hybridized carbons (Fsp3) is 0.150. The van der Waals surface area contributed by atoms with Crippen LogP contribution >= 0.6 is 0 Å². The molecule has 2 aromatic carbocycles. The molecule has 4 rings (SSSR count). The van der Waals surface area contributed by atoms with E-state index in [9.17, 15) is 5.26 Å². The van der Waals surface area contributed by atoms with Gasteiger partial charge in [0.15, 0.2) is 11.5 Å². The average Bonchev–Trinajstić information content (AvgIpc) is 3.17. The summed E-state index contributed by atoms with van der Waals surface area (Å²) in [5.41, 5.74) is 4.38. The Balaban J connectivity index is 2.06. The lowest BCUT2D eigenvalue weighted by Gasteiger charge is -2.06. The van der Waals surface area contributed by atoms with Crippen LogP contribution in [-0.2, 0) is 7.05 Å². The predicted octanol–water partition coefficient (Wildman–Crippen LogP) is 4.22. The van der Waals surface area contributed by atoms with Crippen LogP contribution in [-0.4, -0.2) is 23.8 Å². The van der Waals surface area contributed by atoms with E-state index in [2.05, 4.69) is 27.8 Å². The molecular formula is C20H17N3O2. The van der Waals surface area contributed by atoms with Gasteiger partial charge in [-0.05, 0) is 12.1 Å². The molecule has 0 aliphatic heterocycles. The van der Waals surface area contributed by atoms with Crippen molar-refractivity contribution in [3.63, 3.8) is 0 Å². The lowest BCUT2D eigenvalue weighted by atomic mass is 10.1. The van der Waals surface area contributed by atoms with E-state index in [0.717, 1.165) is 33.1 Å². The van der Waals surface area contributed by atoms with E-state index in [1.165, 1.54) is 0 Å². The Hall–Kier alpha value is -3.39. The molecule has 2 aromatic heterocycles. The fourth-order valence-corrected chi connectivity index (χ4v) is 3.38. The molecule has 5 nitrogen and oxygen atoms in total. The van der Waals surface area contributed by atoms with Crippen LogP contribution in [0.25, 0.3) is 33.1 Å². The van der Waals surface area contributed by atoms with E-state index in [0.29, 0.717) is 17.1 Å². The second-order valence-corrected chi connectivity index (χ2v) is 5.91. The molecular weight excluding hydrogens is 314 g/mol. The summed E-state index contributed by atoms with van der Waals surface area (Å²) in [5.74, 6) is 1.24. The molecule has 0 aliphatic rings. The zero-order valence-electron chi connectivity index (χ0n) is 14.3. The number of rotatable bonds is 3. The van der Waals surface area contributed by atoms with Gasteiger partial charge in [-0.3, -0.25) is 0 Å². The van der Waals surface area contributed by atoms with E-state index in [-0.39, 0.29) is 0 Å². The Labute approximate surface area is 145 Å². The third-order valence-electron chi connectivity index (χ3n) is 4.58. The van der Waals surface area contributed by atoms with E-state index in [1.54, 1.807) is 14.2 Å². The molecule has 1 N–H and O–H groups in total. The number of H-pyrrole nitrogens is 1. The summed E-state index contributed by atoms with van der Waals surface area (Å²) in [6.07, 6.45) is 2.05. The van der Waals surface area contributed by atoms with Gasteiger partial charge in [0.1, 0.15) is 6.07 Å². The molecule has 0 saturated heterocycles. The van der Waals surface area contributed by atoms with Gasteiger partial charge in [0.25, 0.3) is 0 Å². The number of methoxy groups -OCH3 is 2. The zero-order chi connectivity index (χ0) is 17.6. The first-order valence-electron chi connectivity index (χ1n) is 7.90. The molecule has 4 aromatic rings. The molecule has 0 unspecified atom stereocenters. The predicted molar refractivity (Wildman–Crippen MR) is 98.0 cm³/mol. The molecule has 0 spiro atoms. The number of nitrogens with zero attached hydrogens (tertiary/aromatic N) is 2. The van der Waals surface area contributed by atoms with Crippen molar-refractivity contribution in [2.75, 3.05) is 14.2 Å². The third kappa shape index (κ3) is 2.15. The molecule has 25 heavy (non-hydrogen) atoms. The van der Waals surface area contributed by atoms with Crippen molar-refractivity contribution in [3.05, 3.63) is 48.2 Å². The van der Waals surface area contributed by atoms with Crippen LogP contribution in [0.3, 0.4) is 0 Å².